The zero-order valence-corrected chi connectivity index (χ0v) is 13.3. The molecule has 5 heteroatoms. The van der Waals surface area contributed by atoms with Gasteiger partial charge in [0.2, 0.25) is 5.91 Å². The number of nitrogens with two attached hydrogens (primary N) is 1. The van der Waals surface area contributed by atoms with E-state index in [1.807, 2.05) is 42.6 Å². The van der Waals surface area contributed by atoms with Crippen LogP contribution in [0.3, 0.4) is 0 Å². The largest absolute Gasteiger partial charge is 0.508 e. The first-order chi connectivity index (χ1) is 11.6. The van der Waals surface area contributed by atoms with E-state index in [0.717, 1.165) is 22.0 Å². The number of hydrogen-bond donors (Lipinski definition) is 4. The Morgan fingerprint density at radius 1 is 1.21 bits per heavy atom. The number of H-pyrrole nitrogens is 1. The third kappa shape index (κ3) is 3.75. The van der Waals surface area contributed by atoms with Crippen LogP contribution in [0.25, 0.3) is 10.9 Å². The highest BCUT2D eigenvalue weighted by Gasteiger charge is 2.13. The maximum atomic E-state index is 12.1. The first-order valence-corrected chi connectivity index (χ1v) is 7.99. The normalized spacial score (nSPS) is 12.2. The highest BCUT2D eigenvalue weighted by molar-refractivity contribution is 5.85. The van der Waals surface area contributed by atoms with Crippen molar-refractivity contribution < 1.29 is 9.90 Å². The molecule has 0 aliphatic carbocycles. The molecule has 24 heavy (non-hydrogen) atoms. The van der Waals surface area contributed by atoms with E-state index in [4.69, 9.17) is 5.73 Å². The quantitative estimate of drug-likeness (QED) is 0.560. The van der Waals surface area contributed by atoms with Crippen LogP contribution in [-0.2, 0) is 17.6 Å². The lowest BCUT2D eigenvalue weighted by Crippen LogP contribution is -2.42. The summed E-state index contributed by atoms with van der Waals surface area (Å²) in [6.07, 6.45) is 3.10. The van der Waals surface area contributed by atoms with Crippen molar-refractivity contribution in [3.63, 3.8) is 0 Å². The minimum absolute atomic E-state index is 0.151. The number of phenols is 1. The summed E-state index contributed by atoms with van der Waals surface area (Å²) < 4.78 is 0. The zero-order valence-electron chi connectivity index (χ0n) is 13.3. The van der Waals surface area contributed by atoms with E-state index >= 15 is 0 Å². The van der Waals surface area contributed by atoms with Gasteiger partial charge in [0, 0.05) is 23.6 Å². The number of carbonyl (C=O) groups is 1. The van der Waals surface area contributed by atoms with Gasteiger partial charge < -0.3 is 21.1 Å². The van der Waals surface area contributed by atoms with E-state index in [2.05, 4.69) is 10.3 Å². The molecule has 0 radical (unpaired) electrons. The topological polar surface area (TPSA) is 91.1 Å². The molecular weight excluding hydrogens is 302 g/mol. The molecule has 0 fully saturated rings. The number of phenolic OH excluding ortho intramolecular Hbond substituents is 1. The van der Waals surface area contributed by atoms with Crippen LogP contribution in [-0.4, -0.2) is 28.6 Å². The Kier molecular flexibility index (Phi) is 4.82. The summed E-state index contributed by atoms with van der Waals surface area (Å²) >= 11 is 0. The molecule has 0 spiro atoms. The number of benzene rings is 2. The molecule has 1 heterocycles. The van der Waals surface area contributed by atoms with Crippen molar-refractivity contribution in [3.05, 3.63) is 65.9 Å². The molecule has 0 unspecified atom stereocenters. The van der Waals surface area contributed by atoms with E-state index in [9.17, 15) is 9.90 Å². The van der Waals surface area contributed by atoms with Gasteiger partial charge in [0.15, 0.2) is 0 Å². The third-order valence-corrected chi connectivity index (χ3v) is 4.08. The van der Waals surface area contributed by atoms with Crippen LogP contribution >= 0.6 is 0 Å². The Hall–Kier alpha value is -2.79. The van der Waals surface area contributed by atoms with Crippen molar-refractivity contribution >= 4 is 16.8 Å². The minimum atomic E-state index is -0.556. The highest BCUT2D eigenvalue weighted by atomic mass is 16.3. The Bertz CT molecular complexity index is 827. The van der Waals surface area contributed by atoms with Gasteiger partial charge >= 0.3 is 0 Å². The standard InChI is InChI=1S/C19H21N3O2/c20-17(10-13-4-2-1-3-5-13)19(24)21-9-8-14-12-22-18-7-6-15(23)11-16(14)18/h1-7,11-12,17,22-23H,8-10,20H2,(H,21,24)/t17-/m0/s1. The molecule has 1 aromatic heterocycles. The molecule has 3 rings (SSSR count). The molecule has 124 valence electrons. The first kappa shape index (κ1) is 16.1. The van der Waals surface area contributed by atoms with Gasteiger partial charge in [-0.05, 0) is 42.2 Å². The van der Waals surface area contributed by atoms with Gasteiger partial charge in [-0.1, -0.05) is 30.3 Å². The van der Waals surface area contributed by atoms with Crippen LogP contribution in [0, 0.1) is 0 Å². The molecule has 2 aromatic carbocycles. The van der Waals surface area contributed by atoms with Crippen LogP contribution in [0.4, 0.5) is 0 Å². The number of nitrogens with one attached hydrogen (secondary N) is 2. The number of aromatic amines is 1. The van der Waals surface area contributed by atoms with Gasteiger partial charge in [-0.3, -0.25) is 4.79 Å². The summed E-state index contributed by atoms with van der Waals surface area (Å²) in [6, 6.07) is 14.4. The van der Waals surface area contributed by atoms with Gasteiger partial charge in [-0.15, -0.1) is 0 Å². The molecular formula is C19H21N3O2. The molecule has 1 amide bonds. The number of aromatic nitrogens is 1. The molecule has 1 atom stereocenters. The molecule has 5 N–H and O–H groups in total. The van der Waals surface area contributed by atoms with Gasteiger partial charge in [-0.2, -0.15) is 0 Å². The summed E-state index contributed by atoms with van der Waals surface area (Å²) in [5, 5.41) is 13.4. The van der Waals surface area contributed by atoms with Crippen molar-refractivity contribution in [2.75, 3.05) is 6.54 Å². The van der Waals surface area contributed by atoms with Crippen LogP contribution in [0.2, 0.25) is 0 Å². The third-order valence-electron chi connectivity index (χ3n) is 4.08. The van der Waals surface area contributed by atoms with Crippen LogP contribution in [0.1, 0.15) is 11.1 Å². The fraction of sp³-hybridized carbons (Fsp3) is 0.211. The highest BCUT2D eigenvalue weighted by Crippen LogP contribution is 2.23. The Morgan fingerprint density at radius 3 is 2.79 bits per heavy atom. The van der Waals surface area contributed by atoms with Gasteiger partial charge in [0.05, 0.1) is 6.04 Å². The lowest BCUT2D eigenvalue weighted by Gasteiger charge is -2.12. The maximum Gasteiger partial charge on any atom is 0.237 e. The first-order valence-electron chi connectivity index (χ1n) is 7.99. The molecule has 0 saturated carbocycles. The second-order valence-corrected chi connectivity index (χ2v) is 5.88. The fourth-order valence-corrected chi connectivity index (χ4v) is 2.79. The van der Waals surface area contributed by atoms with E-state index in [-0.39, 0.29) is 11.7 Å². The summed E-state index contributed by atoms with van der Waals surface area (Å²) in [5.74, 6) is 0.0822. The number of hydrogen-bond acceptors (Lipinski definition) is 3. The maximum absolute atomic E-state index is 12.1. The molecule has 3 aromatic rings. The lowest BCUT2D eigenvalue weighted by atomic mass is 10.1. The molecule has 0 saturated heterocycles. The van der Waals surface area contributed by atoms with Crippen LogP contribution in [0.15, 0.2) is 54.7 Å². The number of aromatic hydroxyl groups is 1. The Labute approximate surface area is 140 Å². The average molecular weight is 323 g/mol. The average Bonchev–Trinajstić information content (AvgIpc) is 2.98. The van der Waals surface area contributed by atoms with Crippen molar-refractivity contribution in [2.45, 2.75) is 18.9 Å². The number of carbonyl (C=O) groups excluding carboxylic acids is 1. The molecule has 0 aliphatic heterocycles. The van der Waals surface area contributed by atoms with Crippen molar-refractivity contribution in [1.82, 2.24) is 10.3 Å². The zero-order chi connectivity index (χ0) is 16.9. The van der Waals surface area contributed by atoms with E-state index in [1.54, 1.807) is 12.1 Å². The smallest absolute Gasteiger partial charge is 0.237 e. The van der Waals surface area contributed by atoms with E-state index in [0.29, 0.717) is 19.4 Å². The SMILES string of the molecule is N[C@@H](Cc1ccccc1)C(=O)NCCc1c[nH]c2ccc(O)cc12. The van der Waals surface area contributed by atoms with Crippen LogP contribution < -0.4 is 11.1 Å². The van der Waals surface area contributed by atoms with Crippen molar-refractivity contribution in [1.29, 1.82) is 0 Å². The predicted octanol–water partition coefficient (Wildman–Crippen LogP) is 2.10. The summed E-state index contributed by atoms with van der Waals surface area (Å²) in [7, 11) is 0. The molecule has 0 aliphatic rings. The summed E-state index contributed by atoms with van der Waals surface area (Å²) in [5.41, 5.74) is 9.04. The van der Waals surface area contributed by atoms with Gasteiger partial charge in [0.25, 0.3) is 0 Å². The summed E-state index contributed by atoms with van der Waals surface area (Å²) in [6.45, 7) is 0.504. The van der Waals surface area contributed by atoms with Crippen molar-refractivity contribution in [2.24, 2.45) is 5.73 Å². The summed E-state index contributed by atoms with van der Waals surface area (Å²) in [4.78, 5) is 15.3. The molecule has 0 bridgehead atoms. The molecule has 5 nitrogen and oxygen atoms in total. The van der Waals surface area contributed by atoms with E-state index < -0.39 is 6.04 Å². The Morgan fingerprint density at radius 2 is 2.00 bits per heavy atom. The number of fused-ring (bicyclic) bond motifs is 1. The number of rotatable bonds is 6. The lowest BCUT2D eigenvalue weighted by molar-refractivity contribution is -0.122. The minimum Gasteiger partial charge on any atom is -0.508 e. The monoisotopic (exact) mass is 323 g/mol. The fourth-order valence-electron chi connectivity index (χ4n) is 2.79. The van der Waals surface area contributed by atoms with E-state index in [1.165, 1.54) is 0 Å². The Balaban J connectivity index is 1.53. The van der Waals surface area contributed by atoms with Crippen LogP contribution in [0.5, 0.6) is 5.75 Å². The van der Waals surface area contributed by atoms with Gasteiger partial charge in [-0.25, -0.2) is 0 Å². The number of amides is 1. The van der Waals surface area contributed by atoms with Crippen molar-refractivity contribution in [3.8, 4) is 5.75 Å². The second-order valence-electron chi connectivity index (χ2n) is 5.88. The van der Waals surface area contributed by atoms with Gasteiger partial charge in [0.1, 0.15) is 5.75 Å². The predicted molar refractivity (Wildman–Crippen MR) is 94.8 cm³/mol. The second kappa shape index (κ2) is 7.19.